The average Bonchev–Trinajstić information content (AvgIpc) is 3.21. The monoisotopic (exact) mass is 387 g/mol. The molecular weight excluding hydrogens is 366 g/mol. The number of urea groups is 1. The Morgan fingerprint density at radius 3 is 2.78 bits per heavy atom. The van der Waals surface area contributed by atoms with Crippen LogP contribution in [-0.2, 0) is 4.79 Å². The zero-order valence-electron chi connectivity index (χ0n) is 15.6. The van der Waals surface area contributed by atoms with Gasteiger partial charge in [-0.2, -0.15) is 0 Å². The van der Waals surface area contributed by atoms with Crippen molar-refractivity contribution in [1.82, 2.24) is 14.7 Å². The predicted molar refractivity (Wildman–Crippen MR) is 105 cm³/mol. The molecule has 2 atom stereocenters. The number of hydrogen-bond donors (Lipinski definition) is 0. The number of amides is 3. The number of benzene rings is 1. The number of rotatable bonds is 3. The summed E-state index contributed by atoms with van der Waals surface area (Å²) in [7, 11) is 1.70. The van der Waals surface area contributed by atoms with Gasteiger partial charge in [0.15, 0.2) is 12.2 Å². The minimum absolute atomic E-state index is 0.191. The van der Waals surface area contributed by atoms with Gasteiger partial charge in [0.1, 0.15) is 0 Å². The summed E-state index contributed by atoms with van der Waals surface area (Å²) in [6.07, 6.45) is 3.15. The van der Waals surface area contributed by atoms with Crippen molar-refractivity contribution in [2.45, 2.75) is 26.1 Å². The summed E-state index contributed by atoms with van der Waals surface area (Å²) < 4.78 is 0. The standard InChI is InChI=1S/C19H22ClN5O2/c1-4-5-8-25-17(26)15-16(22(3)19(25)27)21-18-23(9-10-24(15)18)13-7-6-12(2)14(20)11-13/h4-7,11,15-16H,8-10H2,1-3H3/b5-4+. The van der Waals surface area contributed by atoms with Crippen molar-refractivity contribution in [3.8, 4) is 0 Å². The first kappa shape index (κ1) is 17.9. The van der Waals surface area contributed by atoms with Gasteiger partial charge in [0.25, 0.3) is 5.91 Å². The number of allylic oxidation sites excluding steroid dienone is 1. The molecular formula is C19H22ClN5O2. The second kappa shape index (κ2) is 6.56. The number of fused-ring (bicyclic) bond motifs is 3. The Labute approximate surface area is 163 Å². The number of imide groups is 1. The second-order valence-corrected chi connectivity index (χ2v) is 7.38. The van der Waals surface area contributed by atoms with E-state index in [0.29, 0.717) is 11.6 Å². The maximum atomic E-state index is 13.0. The fourth-order valence-electron chi connectivity index (χ4n) is 3.81. The maximum absolute atomic E-state index is 13.0. The van der Waals surface area contributed by atoms with Crippen molar-refractivity contribution in [2.24, 2.45) is 4.99 Å². The lowest BCUT2D eigenvalue weighted by molar-refractivity contribution is -0.136. The van der Waals surface area contributed by atoms with Crippen LogP contribution in [0.5, 0.6) is 0 Å². The number of nitrogens with zero attached hydrogens (tertiary/aromatic N) is 5. The fraction of sp³-hybridized carbons (Fsp3) is 0.421. The lowest BCUT2D eigenvalue weighted by Crippen LogP contribution is -2.64. The van der Waals surface area contributed by atoms with Crippen LogP contribution >= 0.6 is 11.6 Å². The fourth-order valence-corrected chi connectivity index (χ4v) is 3.98. The Hall–Kier alpha value is -2.54. The summed E-state index contributed by atoms with van der Waals surface area (Å²) in [6, 6.07) is 5.11. The Morgan fingerprint density at radius 2 is 2.07 bits per heavy atom. The molecule has 0 aromatic heterocycles. The Balaban J connectivity index is 1.66. The van der Waals surface area contributed by atoms with E-state index in [1.165, 1.54) is 4.90 Å². The van der Waals surface area contributed by atoms with Crippen molar-refractivity contribution >= 4 is 35.2 Å². The van der Waals surface area contributed by atoms with Crippen LogP contribution in [0.3, 0.4) is 0 Å². The minimum Gasteiger partial charge on any atom is -0.325 e. The van der Waals surface area contributed by atoms with Crippen molar-refractivity contribution < 1.29 is 9.59 Å². The van der Waals surface area contributed by atoms with Gasteiger partial charge in [-0.1, -0.05) is 29.8 Å². The molecule has 3 heterocycles. The van der Waals surface area contributed by atoms with E-state index in [4.69, 9.17) is 16.6 Å². The van der Waals surface area contributed by atoms with Crippen LogP contribution in [0.25, 0.3) is 0 Å². The summed E-state index contributed by atoms with van der Waals surface area (Å²) in [4.78, 5) is 37.3. The number of carbonyl (C=O) groups is 2. The number of likely N-dealkylation sites (N-methyl/N-ethyl adjacent to an activating group) is 1. The van der Waals surface area contributed by atoms with E-state index in [2.05, 4.69) is 4.90 Å². The smallest absolute Gasteiger partial charge is 0.325 e. The van der Waals surface area contributed by atoms with Crippen LogP contribution in [0.4, 0.5) is 10.5 Å². The molecule has 2 unspecified atom stereocenters. The molecule has 7 nitrogen and oxygen atoms in total. The highest BCUT2D eigenvalue weighted by atomic mass is 35.5. The van der Waals surface area contributed by atoms with Crippen molar-refractivity contribution in [3.63, 3.8) is 0 Å². The third-order valence-electron chi connectivity index (χ3n) is 5.37. The molecule has 3 aliphatic heterocycles. The summed E-state index contributed by atoms with van der Waals surface area (Å²) in [5.74, 6) is 0.537. The van der Waals surface area contributed by atoms with Crippen LogP contribution in [0.2, 0.25) is 5.02 Å². The highest BCUT2D eigenvalue weighted by molar-refractivity contribution is 6.31. The van der Waals surface area contributed by atoms with Gasteiger partial charge in [-0.3, -0.25) is 9.69 Å². The number of aliphatic imine (C=N–C) groups is 1. The minimum atomic E-state index is -0.495. The van der Waals surface area contributed by atoms with Crippen LogP contribution < -0.4 is 4.90 Å². The van der Waals surface area contributed by atoms with Crippen molar-refractivity contribution in [2.75, 3.05) is 31.6 Å². The molecule has 2 fully saturated rings. The third kappa shape index (κ3) is 2.68. The highest BCUT2D eigenvalue weighted by Gasteiger charge is 2.54. The third-order valence-corrected chi connectivity index (χ3v) is 5.78. The van der Waals surface area contributed by atoms with E-state index in [1.54, 1.807) is 11.9 Å². The molecule has 8 heteroatoms. The summed E-state index contributed by atoms with van der Waals surface area (Å²) in [5.41, 5.74) is 1.95. The molecule has 1 aromatic rings. The molecule has 3 amide bonds. The summed E-state index contributed by atoms with van der Waals surface area (Å²) >= 11 is 6.29. The quantitative estimate of drug-likeness (QED) is 0.747. The van der Waals surface area contributed by atoms with E-state index in [-0.39, 0.29) is 18.5 Å². The summed E-state index contributed by atoms with van der Waals surface area (Å²) in [5, 5.41) is 0.697. The Bertz CT molecular complexity index is 868. The van der Waals surface area contributed by atoms with Crippen LogP contribution in [0.15, 0.2) is 35.3 Å². The van der Waals surface area contributed by atoms with E-state index >= 15 is 0 Å². The molecule has 142 valence electrons. The number of hydrogen-bond acceptors (Lipinski definition) is 5. The van der Waals surface area contributed by atoms with E-state index in [0.717, 1.165) is 23.8 Å². The van der Waals surface area contributed by atoms with Crippen LogP contribution in [0, 0.1) is 6.92 Å². The first-order chi connectivity index (χ1) is 12.9. The number of anilines is 1. The lowest BCUT2D eigenvalue weighted by Gasteiger charge is -2.40. The van der Waals surface area contributed by atoms with Gasteiger partial charge in [0.05, 0.1) is 0 Å². The van der Waals surface area contributed by atoms with Crippen molar-refractivity contribution in [3.05, 3.63) is 40.9 Å². The van der Waals surface area contributed by atoms with Gasteiger partial charge in [0.2, 0.25) is 5.96 Å². The summed E-state index contributed by atoms with van der Waals surface area (Å²) in [6.45, 7) is 5.51. The molecule has 0 aliphatic carbocycles. The number of guanidine groups is 1. The van der Waals surface area contributed by atoms with Gasteiger partial charge in [-0.15, -0.1) is 0 Å². The SMILES string of the molecule is C/C=C/CN1C(=O)C2C(N=C3N(c4ccc(C)c(Cl)c4)CCN32)N(C)C1=O. The molecule has 0 saturated carbocycles. The molecule has 0 N–H and O–H groups in total. The van der Waals surface area contributed by atoms with Crippen molar-refractivity contribution in [1.29, 1.82) is 0 Å². The topological polar surface area (TPSA) is 59.5 Å². The molecule has 27 heavy (non-hydrogen) atoms. The lowest BCUT2D eigenvalue weighted by atomic mass is 10.1. The van der Waals surface area contributed by atoms with Gasteiger partial charge in [-0.25, -0.2) is 9.79 Å². The first-order valence-electron chi connectivity index (χ1n) is 9.01. The van der Waals surface area contributed by atoms with E-state index in [1.807, 2.05) is 49.1 Å². The normalized spacial score (nSPS) is 24.8. The zero-order valence-corrected chi connectivity index (χ0v) is 16.3. The molecule has 1 aromatic carbocycles. The van der Waals surface area contributed by atoms with E-state index in [9.17, 15) is 9.59 Å². The van der Waals surface area contributed by atoms with Crippen LogP contribution in [-0.4, -0.2) is 71.5 Å². The Morgan fingerprint density at radius 1 is 1.30 bits per heavy atom. The zero-order chi connectivity index (χ0) is 19.3. The molecule has 0 bridgehead atoms. The van der Waals surface area contributed by atoms with Gasteiger partial charge in [0, 0.05) is 37.4 Å². The van der Waals surface area contributed by atoms with Gasteiger partial charge in [-0.05, 0) is 31.5 Å². The first-order valence-corrected chi connectivity index (χ1v) is 9.39. The highest BCUT2D eigenvalue weighted by Crippen LogP contribution is 2.34. The number of aryl methyl sites for hydroxylation is 1. The van der Waals surface area contributed by atoms with Gasteiger partial charge >= 0.3 is 6.03 Å². The molecule has 0 spiro atoms. The van der Waals surface area contributed by atoms with E-state index < -0.39 is 12.2 Å². The molecule has 3 aliphatic rings. The number of carbonyl (C=O) groups excluding carboxylic acids is 2. The molecule has 4 rings (SSSR count). The second-order valence-electron chi connectivity index (χ2n) is 6.98. The number of halogens is 1. The molecule has 2 saturated heterocycles. The van der Waals surface area contributed by atoms with Crippen LogP contribution in [0.1, 0.15) is 12.5 Å². The molecule has 0 radical (unpaired) electrons. The Kier molecular flexibility index (Phi) is 4.34. The maximum Gasteiger partial charge on any atom is 0.328 e. The average molecular weight is 388 g/mol. The largest absolute Gasteiger partial charge is 0.328 e. The van der Waals surface area contributed by atoms with Gasteiger partial charge < -0.3 is 14.7 Å². The predicted octanol–water partition coefficient (Wildman–Crippen LogP) is 2.30.